The van der Waals surface area contributed by atoms with Crippen molar-refractivity contribution in [1.82, 2.24) is 10.4 Å². The van der Waals surface area contributed by atoms with Crippen LogP contribution in [-0.2, 0) is 27.4 Å². The molecule has 8 heteroatoms. The Morgan fingerprint density at radius 2 is 1.66 bits per heavy atom. The van der Waals surface area contributed by atoms with Gasteiger partial charge < -0.3 is 19.3 Å². The average Bonchev–Trinajstić information content (AvgIpc) is 2.85. The maximum absolute atomic E-state index is 12.9. The number of nitrogens with zero attached hydrogens (tertiary/aromatic N) is 1. The molecular weight excluding hydrogens is 412 g/mol. The van der Waals surface area contributed by atoms with E-state index >= 15 is 0 Å². The maximum atomic E-state index is 12.9. The Morgan fingerprint density at radius 1 is 1.03 bits per heavy atom. The van der Waals surface area contributed by atoms with Crippen molar-refractivity contribution < 1.29 is 28.9 Å². The third-order valence-electron chi connectivity index (χ3n) is 5.26. The molecule has 1 aliphatic rings. The summed E-state index contributed by atoms with van der Waals surface area (Å²) in [4.78, 5) is 25.3. The Labute approximate surface area is 188 Å². The molecule has 0 bridgehead atoms. The number of hydrogen-bond acceptors (Lipinski definition) is 6. The van der Waals surface area contributed by atoms with Gasteiger partial charge in [-0.15, -0.1) is 0 Å². The van der Waals surface area contributed by atoms with Gasteiger partial charge in [-0.3, -0.25) is 0 Å². The molecule has 8 nitrogen and oxygen atoms in total. The highest BCUT2D eigenvalue weighted by molar-refractivity contribution is 5.74. The number of rotatable bonds is 8. The summed E-state index contributed by atoms with van der Waals surface area (Å²) in [6.07, 6.45) is 0.760. The minimum Gasteiger partial charge on any atom is -0.443 e. The van der Waals surface area contributed by atoms with Crippen LogP contribution in [0.15, 0.2) is 60.7 Å². The number of ether oxygens (including phenoxy) is 3. The topological polar surface area (TPSA) is 97.3 Å². The van der Waals surface area contributed by atoms with Gasteiger partial charge in [-0.2, -0.15) is 0 Å². The molecule has 32 heavy (non-hydrogen) atoms. The normalized spacial score (nSPS) is 16.6. The van der Waals surface area contributed by atoms with Gasteiger partial charge >= 0.3 is 12.2 Å². The summed E-state index contributed by atoms with van der Waals surface area (Å²) in [7, 11) is 0. The number of aliphatic hydroxyl groups excluding tert-OH is 1. The summed E-state index contributed by atoms with van der Waals surface area (Å²) in [5, 5.41) is 11.0. The van der Waals surface area contributed by atoms with Crippen LogP contribution in [0.3, 0.4) is 0 Å². The van der Waals surface area contributed by atoms with Crippen LogP contribution in [0.4, 0.5) is 9.59 Å². The van der Waals surface area contributed by atoms with Gasteiger partial charge in [0.05, 0.1) is 12.6 Å². The Hall–Kier alpha value is -3.10. The first kappa shape index (κ1) is 23.6. The minimum absolute atomic E-state index is 0.0433. The van der Waals surface area contributed by atoms with Gasteiger partial charge in [-0.05, 0) is 36.3 Å². The molecule has 1 fully saturated rings. The summed E-state index contributed by atoms with van der Waals surface area (Å²) >= 11 is 0. The van der Waals surface area contributed by atoms with Crippen LogP contribution in [0.25, 0.3) is 0 Å². The second-order valence-corrected chi connectivity index (χ2v) is 7.74. The zero-order valence-electron chi connectivity index (χ0n) is 18.0. The minimum atomic E-state index is -0.802. The molecule has 2 atom stereocenters. The van der Waals surface area contributed by atoms with E-state index < -0.39 is 18.2 Å². The lowest BCUT2D eigenvalue weighted by atomic mass is 9.94. The SMILES string of the molecule is O=C(NN(C(=O)OCc1ccccc1)C(CO)CC1CCCOC1)OCc1ccccc1. The summed E-state index contributed by atoms with van der Waals surface area (Å²) < 4.78 is 16.2. The van der Waals surface area contributed by atoms with Crippen LogP contribution < -0.4 is 5.43 Å². The lowest BCUT2D eigenvalue weighted by molar-refractivity contribution is 0.00540. The summed E-state index contributed by atoms with van der Waals surface area (Å²) in [6, 6.07) is 17.8. The standard InChI is InChI=1S/C24H30N2O6/c27-15-22(14-21-12-7-13-30-16-21)26(24(29)32-18-20-10-5-2-6-11-20)25-23(28)31-17-19-8-3-1-4-9-19/h1-6,8-11,21-22,27H,7,12-18H2,(H,25,28). The van der Waals surface area contributed by atoms with Gasteiger partial charge in [0.15, 0.2) is 0 Å². The van der Waals surface area contributed by atoms with E-state index in [1.54, 1.807) is 0 Å². The molecule has 172 valence electrons. The number of amides is 2. The van der Waals surface area contributed by atoms with Crippen molar-refractivity contribution in [3.8, 4) is 0 Å². The van der Waals surface area contributed by atoms with Gasteiger partial charge in [-0.25, -0.2) is 20.0 Å². The predicted molar refractivity (Wildman–Crippen MR) is 117 cm³/mol. The molecule has 2 unspecified atom stereocenters. The molecule has 2 amide bonds. The number of benzene rings is 2. The van der Waals surface area contributed by atoms with E-state index in [2.05, 4.69) is 5.43 Å². The molecule has 1 saturated heterocycles. The fraction of sp³-hybridized carbons (Fsp3) is 0.417. The van der Waals surface area contributed by atoms with Gasteiger partial charge in [0.25, 0.3) is 0 Å². The molecule has 0 aromatic heterocycles. The maximum Gasteiger partial charge on any atom is 0.429 e. The second kappa shape index (κ2) is 12.7. The van der Waals surface area contributed by atoms with E-state index in [4.69, 9.17) is 14.2 Å². The molecule has 0 aliphatic carbocycles. The number of carbonyl (C=O) groups is 2. The van der Waals surface area contributed by atoms with Gasteiger partial charge in [0.1, 0.15) is 13.2 Å². The third-order valence-corrected chi connectivity index (χ3v) is 5.26. The van der Waals surface area contributed by atoms with Crippen molar-refractivity contribution in [2.75, 3.05) is 19.8 Å². The molecular formula is C24H30N2O6. The van der Waals surface area contributed by atoms with Crippen LogP contribution in [-0.4, -0.2) is 48.2 Å². The van der Waals surface area contributed by atoms with Crippen LogP contribution in [0.2, 0.25) is 0 Å². The molecule has 3 rings (SSSR count). The largest absolute Gasteiger partial charge is 0.443 e. The molecule has 2 aromatic carbocycles. The number of aliphatic hydroxyl groups is 1. The van der Waals surface area contributed by atoms with E-state index in [0.29, 0.717) is 19.6 Å². The van der Waals surface area contributed by atoms with E-state index in [0.717, 1.165) is 29.0 Å². The Balaban J connectivity index is 1.63. The Bertz CT molecular complexity index is 827. The smallest absolute Gasteiger partial charge is 0.429 e. The lowest BCUT2D eigenvalue weighted by Crippen LogP contribution is -2.54. The van der Waals surface area contributed by atoms with Crippen LogP contribution in [0, 0.1) is 5.92 Å². The number of nitrogens with one attached hydrogen (secondary N) is 1. The van der Waals surface area contributed by atoms with Gasteiger partial charge in [0, 0.05) is 13.2 Å². The predicted octanol–water partition coefficient (Wildman–Crippen LogP) is 3.64. The van der Waals surface area contributed by atoms with Crippen LogP contribution >= 0.6 is 0 Å². The van der Waals surface area contributed by atoms with Crippen molar-refractivity contribution in [3.05, 3.63) is 71.8 Å². The molecule has 0 saturated carbocycles. The lowest BCUT2D eigenvalue weighted by Gasteiger charge is -2.33. The van der Waals surface area contributed by atoms with Crippen molar-refractivity contribution in [2.24, 2.45) is 5.92 Å². The first-order chi connectivity index (χ1) is 15.7. The second-order valence-electron chi connectivity index (χ2n) is 7.74. The van der Waals surface area contributed by atoms with Crippen molar-refractivity contribution in [3.63, 3.8) is 0 Å². The number of hydrazine groups is 1. The van der Waals surface area contributed by atoms with Gasteiger partial charge in [0.2, 0.25) is 0 Å². The molecule has 2 aromatic rings. The van der Waals surface area contributed by atoms with Crippen molar-refractivity contribution in [2.45, 2.75) is 38.5 Å². The van der Waals surface area contributed by atoms with Crippen molar-refractivity contribution >= 4 is 12.2 Å². The zero-order valence-corrected chi connectivity index (χ0v) is 18.0. The number of carbonyl (C=O) groups excluding carboxylic acids is 2. The summed E-state index contributed by atoms with van der Waals surface area (Å²) in [5.41, 5.74) is 4.09. The summed E-state index contributed by atoms with van der Waals surface area (Å²) in [6.45, 7) is 1.03. The van der Waals surface area contributed by atoms with Crippen LogP contribution in [0.5, 0.6) is 0 Å². The fourth-order valence-corrected chi connectivity index (χ4v) is 3.57. The third kappa shape index (κ3) is 7.55. The highest BCUT2D eigenvalue weighted by Gasteiger charge is 2.30. The molecule has 2 N–H and O–H groups in total. The monoisotopic (exact) mass is 442 g/mol. The van der Waals surface area contributed by atoms with E-state index in [1.807, 2.05) is 60.7 Å². The van der Waals surface area contributed by atoms with E-state index in [9.17, 15) is 14.7 Å². The van der Waals surface area contributed by atoms with Crippen LogP contribution in [0.1, 0.15) is 30.4 Å². The first-order valence-corrected chi connectivity index (χ1v) is 10.8. The first-order valence-electron chi connectivity index (χ1n) is 10.8. The molecule has 0 spiro atoms. The van der Waals surface area contributed by atoms with Crippen molar-refractivity contribution in [1.29, 1.82) is 0 Å². The Kier molecular flexibility index (Phi) is 9.34. The fourth-order valence-electron chi connectivity index (χ4n) is 3.57. The summed E-state index contributed by atoms with van der Waals surface area (Å²) in [5.74, 6) is 0.174. The molecule has 0 radical (unpaired) electrons. The quantitative estimate of drug-likeness (QED) is 0.606. The molecule has 1 aliphatic heterocycles. The molecule has 1 heterocycles. The van der Waals surface area contributed by atoms with E-state index in [1.165, 1.54) is 0 Å². The highest BCUT2D eigenvalue weighted by atomic mass is 16.6. The van der Waals surface area contributed by atoms with E-state index in [-0.39, 0.29) is 25.7 Å². The van der Waals surface area contributed by atoms with Gasteiger partial charge in [-0.1, -0.05) is 60.7 Å². The highest BCUT2D eigenvalue weighted by Crippen LogP contribution is 2.21. The Morgan fingerprint density at radius 3 is 2.22 bits per heavy atom. The zero-order chi connectivity index (χ0) is 22.6. The number of hydrogen-bond donors (Lipinski definition) is 2. The average molecular weight is 443 g/mol.